The number of aromatic amines is 1. The fourth-order valence-electron chi connectivity index (χ4n) is 1.54. The average molecular weight is 238 g/mol. The molecule has 0 unspecified atom stereocenters. The van der Waals surface area contributed by atoms with Crippen molar-refractivity contribution in [2.75, 3.05) is 26.7 Å². The van der Waals surface area contributed by atoms with Crippen LogP contribution in [-0.2, 0) is 4.79 Å². The van der Waals surface area contributed by atoms with Crippen LogP contribution in [0.1, 0.15) is 24.2 Å². The van der Waals surface area contributed by atoms with Crippen LogP contribution < -0.4 is 0 Å². The summed E-state index contributed by atoms with van der Waals surface area (Å²) in [5, 5.41) is 6.28. The molecule has 0 spiro atoms. The summed E-state index contributed by atoms with van der Waals surface area (Å²) in [6.07, 6.45) is 2.96. The van der Waals surface area contributed by atoms with Crippen LogP contribution in [0.25, 0.3) is 0 Å². The van der Waals surface area contributed by atoms with E-state index in [4.69, 9.17) is 0 Å². The second-order valence-corrected chi connectivity index (χ2v) is 3.71. The van der Waals surface area contributed by atoms with Crippen LogP contribution in [0.4, 0.5) is 0 Å². The van der Waals surface area contributed by atoms with Crippen molar-refractivity contribution in [3.8, 4) is 0 Å². The number of nitrogens with one attached hydrogen (secondary N) is 1. The standard InChI is InChI=1S/C11H18N4O2/c1-4-15(5-2)10(16)8-14(3)11(17)9-6-12-13-7-9/h6-7H,4-5,8H2,1-3H3,(H,12,13). The van der Waals surface area contributed by atoms with Gasteiger partial charge in [-0.2, -0.15) is 5.10 Å². The van der Waals surface area contributed by atoms with Crippen molar-refractivity contribution in [2.45, 2.75) is 13.8 Å². The summed E-state index contributed by atoms with van der Waals surface area (Å²) >= 11 is 0. The molecule has 1 N–H and O–H groups in total. The Morgan fingerprint density at radius 1 is 1.35 bits per heavy atom. The van der Waals surface area contributed by atoms with E-state index in [1.807, 2.05) is 13.8 Å². The molecule has 94 valence electrons. The van der Waals surface area contributed by atoms with Crippen LogP contribution in [0.3, 0.4) is 0 Å². The second-order valence-electron chi connectivity index (χ2n) is 3.71. The zero-order valence-corrected chi connectivity index (χ0v) is 10.4. The third-order valence-corrected chi connectivity index (χ3v) is 2.58. The highest BCUT2D eigenvalue weighted by Gasteiger charge is 2.18. The SMILES string of the molecule is CCN(CC)C(=O)CN(C)C(=O)c1cn[nH]c1. The Hall–Kier alpha value is -1.85. The van der Waals surface area contributed by atoms with Gasteiger partial charge in [0.2, 0.25) is 5.91 Å². The number of H-pyrrole nitrogens is 1. The predicted octanol–water partition coefficient (Wildman–Crippen LogP) is 0.350. The average Bonchev–Trinajstić information content (AvgIpc) is 2.83. The van der Waals surface area contributed by atoms with E-state index in [9.17, 15) is 9.59 Å². The molecular weight excluding hydrogens is 220 g/mol. The molecule has 0 atom stereocenters. The maximum atomic E-state index is 11.8. The van der Waals surface area contributed by atoms with Gasteiger partial charge in [0.15, 0.2) is 0 Å². The molecule has 1 rings (SSSR count). The summed E-state index contributed by atoms with van der Waals surface area (Å²) in [5.41, 5.74) is 0.458. The molecule has 0 bridgehead atoms. The Balaban J connectivity index is 2.57. The highest BCUT2D eigenvalue weighted by atomic mass is 16.2. The topological polar surface area (TPSA) is 69.3 Å². The summed E-state index contributed by atoms with van der Waals surface area (Å²) in [6, 6.07) is 0. The van der Waals surface area contributed by atoms with Crippen LogP contribution in [0.5, 0.6) is 0 Å². The van der Waals surface area contributed by atoms with Gasteiger partial charge in [0.25, 0.3) is 5.91 Å². The number of carbonyl (C=O) groups excluding carboxylic acids is 2. The minimum atomic E-state index is -0.209. The number of rotatable bonds is 5. The smallest absolute Gasteiger partial charge is 0.257 e. The van der Waals surface area contributed by atoms with Gasteiger partial charge in [-0.05, 0) is 13.8 Å². The predicted molar refractivity (Wildman–Crippen MR) is 63.5 cm³/mol. The number of hydrogen-bond acceptors (Lipinski definition) is 3. The van der Waals surface area contributed by atoms with Gasteiger partial charge < -0.3 is 9.80 Å². The van der Waals surface area contributed by atoms with E-state index < -0.39 is 0 Å². The summed E-state index contributed by atoms with van der Waals surface area (Å²) in [6.45, 7) is 5.23. The third-order valence-electron chi connectivity index (χ3n) is 2.58. The number of likely N-dealkylation sites (N-methyl/N-ethyl adjacent to an activating group) is 2. The zero-order chi connectivity index (χ0) is 12.8. The highest BCUT2D eigenvalue weighted by Crippen LogP contribution is 2.01. The lowest BCUT2D eigenvalue weighted by molar-refractivity contribution is -0.131. The van der Waals surface area contributed by atoms with Gasteiger partial charge in [0.1, 0.15) is 0 Å². The molecule has 1 aromatic rings. The molecule has 0 aliphatic heterocycles. The van der Waals surface area contributed by atoms with Gasteiger partial charge in [0, 0.05) is 26.3 Å². The fraction of sp³-hybridized carbons (Fsp3) is 0.545. The van der Waals surface area contributed by atoms with Crippen LogP contribution >= 0.6 is 0 Å². The van der Waals surface area contributed by atoms with Crippen molar-refractivity contribution in [3.05, 3.63) is 18.0 Å². The van der Waals surface area contributed by atoms with Gasteiger partial charge in [-0.1, -0.05) is 0 Å². The monoisotopic (exact) mass is 238 g/mol. The van der Waals surface area contributed by atoms with Crippen molar-refractivity contribution in [2.24, 2.45) is 0 Å². The molecule has 6 nitrogen and oxygen atoms in total. The molecule has 2 amide bonds. The Bertz CT molecular complexity index is 371. The van der Waals surface area contributed by atoms with Gasteiger partial charge >= 0.3 is 0 Å². The van der Waals surface area contributed by atoms with Crippen molar-refractivity contribution < 1.29 is 9.59 Å². The Morgan fingerprint density at radius 3 is 2.47 bits per heavy atom. The maximum Gasteiger partial charge on any atom is 0.257 e. The van der Waals surface area contributed by atoms with Crippen molar-refractivity contribution >= 4 is 11.8 Å². The molecule has 0 radical (unpaired) electrons. The van der Waals surface area contributed by atoms with E-state index in [0.717, 1.165) is 0 Å². The zero-order valence-electron chi connectivity index (χ0n) is 10.4. The van der Waals surface area contributed by atoms with Crippen molar-refractivity contribution in [1.29, 1.82) is 0 Å². The van der Waals surface area contributed by atoms with E-state index in [0.29, 0.717) is 18.7 Å². The van der Waals surface area contributed by atoms with E-state index in [1.54, 1.807) is 11.9 Å². The minimum absolute atomic E-state index is 0.0469. The first kappa shape index (κ1) is 13.2. The summed E-state index contributed by atoms with van der Waals surface area (Å²) < 4.78 is 0. The quantitative estimate of drug-likeness (QED) is 0.804. The van der Waals surface area contributed by atoms with E-state index in [1.165, 1.54) is 17.3 Å². The third kappa shape index (κ3) is 3.30. The molecule has 0 aliphatic rings. The van der Waals surface area contributed by atoms with Crippen LogP contribution in [0, 0.1) is 0 Å². The van der Waals surface area contributed by atoms with Crippen LogP contribution in [0.15, 0.2) is 12.4 Å². The Morgan fingerprint density at radius 2 is 2.00 bits per heavy atom. The number of amides is 2. The lowest BCUT2D eigenvalue weighted by atomic mass is 10.3. The largest absolute Gasteiger partial charge is 0.342 e. The molecule has 1 heterocycles. The van der Waals surface area contributed by atoms with E-state index >= 15 is 0 Å². The first-order valence-corrected chi connectivity index (χ1v) is 5.62. The molecule has 0 aliphatic carbocycles. The Labute approximate surface area is 101 Å². The van der Waals surface area contributed by atoms with Crippen LogP contribution in [-0.4, -0.2) is 58.5 Å². The van der Waals surface area contributed by atoms with Crippen molar-refractivity contribution in [3.63, 3.8) is 0 Å². The summed E-state index contributed by atoms with van der Waals surface area (Å²) in [4.78, 5) is 26.7. The van der Waals surface area contributed by atoms with Crippen LogP contribution in [0.2, 0.25) is 0 Å². The van der Waals surface area contributed by atoms with E-state index in [-0.39, 0.29) is 18.4 Å². The molecule has 0 saturated carbocycles. The molecular formula is C11H18N4O2. The lowest BCUT2D eigenvalue weighted by Crippen LogP contribution is -2.40. The number of carbonyl (C=O) groups is 2. The summed E-state index contributed by atoms with van der Waals surface area (Å²) in [7, 11) is 1.61. The molecule has 1 aromatic heterocycles. The van der Waals surface area contributed by atoms with Crippen molar-refractivity contribution in [1.82, 2.24) is 20.0 Å². The minimum Gasteiger partial charge on any atom is -0.342 e. The number of aromatic nitrogens is 2. The van der Waals surface area contributed by atoms with Gasteiger partial charge in [0.05, 0.1) is 18.3 Å². The van der Waals surface area contributed by atoms with E-state index in [2.05, 4.69) is 10.2 Å². The molecule has 0 aromatic carbocycles. The molecule has 0 saturated heterocycles. The van der Waals surface area contributed by atoms with Gasteiger partial charge in [-0.3, -0.25) is 14.7 Å². The highest BCUT2D eigenvalue weighted by molar-refractivity contribution is 5.95. The maximum absolute atomic E-state index is 11.8. The summed E-state index contributed by atoms with van der Waals surface area (Å²) in [5.74, 6) is -0.256. The number of hydrogen-bond donors (Lipinski definition) is 1. The Kier molecular flexibility index (Phi) is 4.68. The molecule has 6 heteroatoms. The first-order chi connectivity index (χ1) is 8.10. The fourth-order valence-corrected chi connectivity index (χ4v) is 1.54. The second kappa shape index (κ2) is 6.03. The lowest BCUT2D eigenvalue weighted by Gasteiger charge is -2.22. The molecule has 17 heavy (non-hydrogen) atoms. The van der Waals surface area contributed by atoms with Gasteiger partial charge in [-0.15, -0.1) is 0 Å². The normalized spacial score (nSPS) is 10.1. The first-order valence-electron chi connectivity index (χ1n) is 5.62. The number of nitrogens with zero attached hydrogens (tertiary/aromatic N) is 3. The molecule has 0 fully saturated rings. The van der Waals surface area contributed by atoms with Gasteiger partial charge in [-0.25, -0.2) is 0 Å².